The van der Waals surface area contributed by atoms with Crippen LogP contribution >= 0.6 is 0 Å². The number of nitrogens with one attached hydrogen (secondary N) is 1. The topological polar surface area (TPSA) is 62.3 Å². The Morgan fingerprint density at radius 3 is 2.89 bits per heavy atom. The molecular weight excluding hydrogens is 242 g/mol. The molecule has 102 valence electrons. The van der Waals surface area contributed by atoms with Crippen LogP contribution in [0.5, 0.6) is 0 Å². The van der Waals surface area contributed by atoms with E-state index in [-0.39, 0.29) is 11.8 Å². The van der Waals surface area contributed by atoms with Gasteiger partial charge in [0.05, 0.1) is 0 Å². The summed E-state index contributed by atoms with van der Waals surface area (Å²) in [5, 5.41) is 2.75. The van der Waals surface area contributed by atoms with Crippen LogP contribution in [-0.2, 0) is 16.0 Å². The van der Waals surface area contributed by atoms with Crippen molar-refractivity contribution >= 4 is 11.8 Å². The van der Waals surface area contributed by atoms with Gasteiger partial charge in [0.2, 0.25) is 11.8 Å². The Balaban J connectivity index is 2.03. The Bertz CT molecular complexity index is 471. The molecule has 5 heteroatoms. The van der Waals surface area contributed by atoms with Crippen molar-refractivity contribution in [3.63, 3.8) is 0 Å². The molecule has 0 bridgehead atoms. The quantitative estimate of drug-likeness (QED) is 0.873. The van der Waals surface area contributed by atoms with E-state index in [1.165, 1.54) is 0 Å². The van der Waals surface area contributed by atoms with Crippen molar-refractivity contribution in [2.45, 2.75) is 32.2 Å². The molecule has 0 aromatic carbocycles. The van der Waals surface area contributed by atoms with Gasteiger partial charge in [-0.15, -0.1) is 0 Å². The van der Waals surface area contributed by atoms with Gasteiger partial charge in [0.15, 0.2) is 0 Å². The summed E-state index contributed by atoms with van der Waals surface area (Å²) in [6.07, 6.45) is 4.65. The van der Waals surface area contributed by atoms with Gasteiger partial charge in [0.25, 0.3) is 0 Å². The molecule has 2 amide bonds. The van der Waals surface area contributed by atoms with Gasteiger partial charge < -0.3 is 10.2 Å². The Labute approximate surface area is 113 Å². The Morgan fingerprint density at radius 1 is 1.42 bits per heavy atom. The molecule has 1 aliphatic heterocycles. The van der Waals surface area contributed by atoms with E-state index >= 15 is 0 Å². The van der Waals surface area contributed by atoms with Crippen LogP contribution in [-0.4, -0.2) is 40.3 Å². The summed E-state index contributed by atoms with van der Waals surface area (Å²) in [6.45, 7) is 4.59. The number of pyridine rings is 1. The van der Waals surface area contributed by atoms with Crippen LogP contribution in [0.15, 0.2) is 24.5 Å². The summed E-state index contributed by atoms with van der Waals surface area (Å²) in [5.74, 6) is -0.0931. The first-order chi connectivity index (χ1) is 8.99. The third-order valence-corrected chi connectivity index (χ3v) is 3.28. The molecule has 0 spiro atoms. The highest BCUT2D eigenvalue weighted by Crippen LogP contribution is 2.14. The summed E-state index contributed by atoms with van der Waals surface area (Å²) in [7, 11) is 0. The van der Waals surface area contributed by atoms with Gasteiger partial charge in [0.1, 0.15) is 5.54 Å². The Morgan fingerprint density at radius 2 is 2.21 bits per heavy atom. The molecule has 2 rings (SSSR count). The summed E-state index contributed by atoms with van der Waals surface area (Å²) < 4.78 is 0. The molecule has 2 heterocycles. The number of carbonyl (C=O) groups excluding carboxylic acids is 2. The van der Waals surface area contributed by atoms with Crippen LogP contribution in [0.4, 0.5) is 0 Å². The number of amides is 2. The second kappa shape index (κ2) is 5.38. The van der Waals surface area contributed by atoms with Crippen LogP contribution in [0.25, 0.3) is 0 Å². The Kier molecular flexibility index (Phi) is 3.83. The average molecular weight is 261 g/mol. The van der Waals surface area contributed by atoms with Gasteiger partial charge in [-0.05, 0) is 31.9 Å². The lowest BCUT2D eigenvalue weighted by molar-refractivity contribution is -0.137. The molecular formula is C14H19N3O2. The highest BCUT2D eigenvalue weighted by molar-refractivity contribution is 5.92. The summed E-state index contributed by atoms with van der Waals surface area (Å²) in [5.41, 5.74) is 0.277. The fourth-order valence-electron chi connectivity index (χ4n) is 2.22. The molecule has 0 atom stereocenters. The fraction of sp³-hybridized carbons (Fsp3) is 0.500. The molecule has 1 aromatic rings. The van der Waals surface area contributed by atoms with E-state index in [0.717, 1.165) is 12.0 Å². The van der Waals surface area contributed by atoms with E-state index in [9.17, 15) is 9.59 Å². The minimum absolute atomic E-state index is 0.0257. The van der Waals surface area contributed by atoms with E-state index in [2.05, 4.69) is 10.3 Å². The summed E-state index contributed by atoms with van der Waals surface area (Å²) in [4.78, 5) is 29.7. The lowest BCUT2D eigenvalue weighted by Crippen LogP contribution is -2.53. The van der Waals surface area contributed by atoms with Gasteiger partial charge in [-0.2, -0.15) is 0 Å². The molecule has 1 aliphatic rings. The van der Waals surface area contributed by atoms with Gasteiger partial charge >= 0.3 is 0 Å². The first-order valence-corrected chi connectivity index (χ1v) is 6.48. The maximum absolute atomic E-state index is 12.3. The van der Waals surface area contributed by atoms with E-state index in [1.54, 1.807) is 31.1 Å². The van der Waals surface area contributed by atoms with Crippen LogP contribution in [0.1, 0.15) is 25.8 Å². The minimum Gasteiger partial charge on any atom is -0.342 e. The molecule has 19 heavy (non-hydrogen) atoms. The summed E-state index contributed by atoms with van der Waals surface area (Å²) in [6, 6.07) is 3.87. The van der Waals surface area contributed by atoms with Crippen LogP contribution in [0.2, 0.25) is 0 Å². The molecule has 5 nitrogen and oxygen atoms in total. The van der Waals surface area contributed by atoms with Crippen molar-refractivity contribution in [3.8, 4) is 0 Å². The van der Waals surface area contributed by atoms with Crippen molar-refractivity contribution in [2.75, 3.05) is 13.1 Å². The zero-order chi connectivity index (χ0) is 13.9. The molecule has 0 radical (unpaired) electrons. The first-order valence-electron chi connectivity index (χ1n) is 6.48. The highest BCUT2D eigenvalue weighted by atomic mass is 16.2. The maximum Gasteiger partial charge on any atom is 0.247 e. The lowest BCUT2D eigenvalue weighted by Gasteiger charge is -2.28. The van der Waals surface area contributed by atoms with Gasteiger partial charge in [0, 0.05) is 31.9 Å². The third kappa shape index (κ3) is 3.30. The first kappa shape index (κ1) is 13.5. The van der Waals surface area contributed by atoms with Crippen LogP contribution < -0.4 is 5.32 Å². The SMILES string of the molecule is CC1(C)NC(=O)CCN(CCc2cccnc2)C1=O. The second-order valence-corrected chi connectivity index (χ2v) is 5.33. The maximum atomic E-state index is 12.3. The number of hydrogen-bond donors (Lipinski definition) is 1. The van der Waals surface area contributed by atoms with Gasteiger partial charge in [-0.3, -0.25) is 14.6 Å². The largest absolute Gasteiger partial charge is 0.342 e. The van der Waals surface area contributed by atoms with Gasteiger partial charge in [-0.1, -0.05) is 6.07 Å². The number of hydrogen-bond acceptors (Lipinski definition) is 3. The smallest absolute Gasteiger partial charge is 0.247 e. The van der Waals surface area contributed by atoms with Crippen LogP contribution in [0.3, 0.4) is 0 Å². The molecule has 0 unspecified atom stereocenters. The normalized spacial score (nSPS) is 18.9. The van der Waals surface area contributed by atoms with Crippen molar-refractivity contribution in [1.82, 2.24) is 15.2 Å². The van der Waals surface area contributed by atoms with Crippen molar-refractivity contribution < 1.29 is 9.59 Å². The highest BCUT2D eigenvalue weighted by Gasteiger charge is 2.36. The second-order valence-electron chi connectivity index (χ2n) is 5.33. The zero-order valence-electron chi connectivity index (χ0n) is 11.3. The standard InChI is InChI=1S/C14H19N3O2/c1-14(2)13(19)17(9-6-12(18)16-14)8-5-11-4-3-7-15-10-11/h3-4,7,10H,5-6,8-9H2,1-2H3,(H,16,18). The van der Waals surface area contributed by atoms with E-state index in [1.807, 2.05) is 12.1 Å². The van der Waals surface area contributed by atoms with E-state index in [4.69, 9.17) is 0 Å². The number of nitrogens with zero attached hydrogens (tertiary/aromatic N) is 2. The zero-order valence-corrected chi connectivity index (χ0v) is 11.3. The monoisotopic (exact) mass is 261 g/mol. The van der Waals surface area contributed by atoms with Crippen molar-refractivity contribution in [1.29, 1.82) is 0 Å². The molecule has 1 saturated heterocycles. The van der Waals surface area contributed by atoms with Gasteiger partial charge in [-0.25, -0.2) is 0 Å². The molecule has 1 aromatic heterocycles. The summed E-state index contributed by atoms with van der Waals surface area (Å²) >= 11 is 0. The minimum atomic E-state index is -0.817. The van der Waals surface area contributed by atoms with Crippen LogP contribution in [0, 0.1) is 0 Å². The predicted octanol–water partition coefficient (Wildman–Crippen LogP) is 0.751. The van der Waals surface area contributed by atoms with E-state index < -0.39 is 5.54 Å². The lowest BCUT2D eigenvalue weighted by atomic mass is 10.0. The van der Waals surface area contributed by atoms with E-state index in [0.29, 0.717) is 19.5 Å². The van der Waals surface area contributed by atoms with Crippen molar-refractivity contribution in [2.24, 2.45) is 0 Å². The van der Waals surface area contributed by atoms with Crippen molar-refractivity contribution in [3.05, 3.63) is 30.1 Å². The predicted molar refractivity (Wildman–Crippen MR) is 71.4 cm³/mol. The molecule has 0 aliphatic carbocycles. The molecule has 1 N–H and O–H groups in total. The average Bonchev–Trinajstić information content (AvgIpc) is 2.47. The Hall–Kier alpha value is -1.91. The number of aromatic nitrogens is 1. The number of rotatable bonds is 3. The number of carbonyl (C=O) groups is 2. The third-order valence-electron chi connectivity index (χ3n) is 3.28. The molecule has 0 saturated carbocycles. The molecule has 1 fully saturated rings. The fourth-order valence-corrected chi connectivity index (χ4v) is 2.22.